The maximum atomic E-state index is 13.2. The lowest BCUT2D eigenvalue weighted by atomic mass is 10.2. The molecule has 0 saturated heterocycles. The molecule has 31 heavy (non-hydrogen) atoms. The first-order valence-electron chi connectivity index (χ1n) is 10.6. The zero-order valence-corrected chi connectivity index (χ0v) is 21.2. The van der Waals surface area contributed by atoms with Crippen molar-refractivity contribution >= 4 is 29.9 Å². The molecule has 6 nitrogen and oxygen atoms in total. The first-order chi connectivity index (χ1) is 14.5. The van der Waals surface area contributed by atoms with Gasteiger partial charge in [-0.15, -0.1) is 24.0 Å². The number of nitrogens with one attached hydrogen (secondary N) is 2. The summed E-state index contributed by atoms with van der Waals surface area (Å²) in [5.41, 5.74) is 0.999. The predicted molar refractivity (Wildman–Crippen MR) is 136 cm³/mol. The van der Waals surface area contributed by atoms with Gasteiger partial charge in [0.2, 0.25) is 5.88 Å². The quantitative estimate of drug-likeness (QED) is 0.242. The summed E-state index contributed by atoms with van der Waals surface area (Å²) in [6.45, 7) is 10.5. The van der Waals surface area contributed by atoms with Gasteiger partial charge in [-0.3, -0.25) is 4.99 Å². The van der Waals surface area contributed by atoms with Crippen molar-refractivity contribution in [2.45, 2.75) is 46.2 Å². The highest BCUT2D eigenvalue weighted by Crippen LogP contribution is 2.19. The van der Waals surface area contributed by atoms with Crippen LogP contribution in [-0.2, 0) is 6.54 Å². The van der Waals surface area contributed by atoms with Gasteiger partial charge < -0.3 is 20.3 Å². The lowest BCUT2D eigenvalue weighted by molar-refractivity contribution is 0.292. The van der Waals surface area contributed by atoms with Gasteiger partial charge in [-0.25, -0.2) is 9.37 Å². The minimum absolute atomic E-state index is 0. The molecule has 0 fully saturated rings. The fourth-order valence-corrected chi connectivity index (χ4v) is 3.07. The molecular weight excluding hydrogens is 508 g/mol. The van der Waals surface area contributed by atoms with Crippen LogP contribution in [-0.4, -0.2) is 48.6 Å². The second-order valence-electron chi connectivity index (χ2n) is 7.20. The van der Waals surface area contributed by atoms with Crippen LogP contribution < -0.4 is 15.4 Å². The largest absolute Gasteiger partial charge is 0.439 e. The second kappa shape index (κ2) is 15.0. The summed E-state index contributed by atoms with van der Waals surface area (Å²) in [5.74, 6) is 1.28. The van der Waals surface area contributed by atoms with Crippen molar-refractivity contribution in [2.75, 3.05) is 26.7 Å². The summed E-state index contributed by atoms with van der Waals surface area (Å²) in [4.78, 5) is 11.0. The molecule has 1 aromatic heterocycles. The third kappa shape index (κ3) is 10.3. The highest BCUT2D eigenvalue weighted by Gasteiger charge is 2.07. The van der Waals surface area contributed by atoms with E-state index in [0.717, 1.165) is 44.0 Å². The fourth-order valence-electron chi connectivity index (χ4n) is 3.07. The monoisotopic (exact) mass is 543 g/mol. The van der Waals surface area contributed by atoms with E-state index in [9.17, 15) is 4.39 Å². The van der Waals surface area contributed by atoms with E-state index in [0.29, 0.717) is 24.2 Å². The molecule has 0 spiro atoms. The summed E-state index contributed by atoms with van der Waals surface area (Å²) in [6, 6.07) is 10.0. The number of guanidine groups is 1. The highest BCUT2D eigenvalue weighted by atomic mass is 127. The van der Waals surface area contributed by atoms with Crippen LogP contribution in [0, 0.1) is 5.82 Å². The smallest absolute Gasteiger partial charge is 0.219 e. The van der Waals surface area contributed by atoms with E-state index in [1.807, 2.05) is 6.07 Å². The van der Waals surface area contributed by atoms with Gasteiger partial charge in [-0.1, -0.05) is 26.0 Å². The molecule has 172 valence electrons. The third-order valence-electron chi connectivity index (χ3n) is 4.89. The Labute approximate surface area is 202 Å². The van der Waals surface area contributed by atoms with Crippen LogP contribution in [0.4, 0.5) is 4.39 Å². The molecule has 8 heteroatoms. The van der Waals surface area contributed by atoms with Crippen LogP contribution in [0.5, 0.6) is 11.6 Å². The summed E-state index contributed by atoms with van der Waals surface area (Å²) >= 11 is 0. The van der Waals surface area contributed by atoms with E-state index in [2.05, 4.69) is 46.3 Å². The zero-order chi connectivity index (χ0) is 21.8. The topological polar surface area (TPSA) is 61.8 Å². The number of hydrogen-bond donors (Lipinski definition) is 2. The number of aliphatic imine (C=N–C) groups is 1. The number of aromatic nitrogens is 1. The number of halogens is 2. The van der Waals surface area contributed by atoms with Crippen LogP contribution in [0.3, 0.4) is 0 Å². The molecule has 2 aromatic rings. The Kier molecular flexibility index (Phi) is 13.1. The van der Waals surface area contributed by atoms with Crippen LogP contribution in [0.1, 0.15) is 39.2 Å². The molecule has 1 aromatic carbocycles. The number of hydrogen-bond acceptors (Lipinski definition) is 4. The Morgan fingerprint density at radius 2 is 2.00 bits per heavy atom. The van der Waals surface area contributed by atoms with Gasteiger partial charge in [0.05, 0.1) is 0 Å². The fraction of sp³-hybridized carbons (Fsp3) is 0.478. The van der Waals surface area contributed by atoms with E-state index in [1.54, 1.807) is 31.4 Å². The lowest BCUT2D eigenvalue weighted by Crippen LogP contribution is -2.42. The molecule has 0 saturated carbocycles. The van der Waals surface area contributed by atoms with E-state index >= 15 is 0 Å². The van der Waals surface area contributed by atoms with E-state index in [4.69, 9.17) is 4.74 Å². The van der Waals surface area contributed by atoms with Gasteiger partial charge in [-0.2, -0.15) is 0 Å². The first-order valence-corrected chi connectivity index (χ1v) is 10.6. The molecule has 1 heterocycles. The normalized spacial score (nSPS) is 12.3. The first kappa shape index (κ1) is 27.1. The Bertz CT molecular complexity index is 784. The third-order valence-corrected chi connectivity index (χ3v) is 4.89. The number of benzene rings is 1. The molecule has 0 amide bonds. The average Bonchev–Trinajstić information content (AvgIpc) is 2.75. The van der Waals surface area contributed by atoms with Crippen LogP contribution >= 0.6 is 24.0 Å². The molecule has 0 aliphatic heterocycles. The maximum Gasteiger partial charge on any atom is 0.219 e. The number of ether oxygens (including phenoxy) is 1. The molecule has 1 unspecified atom stereocenters. The van der Waals surface area contributed by atoms with Crippen molar-refractivity contribution in [3.05, 3.63) is 54.0 Å². The molecule has 0 bridgehead atoms. The van der Waals surface area contributed by atoms with Crippen molar-refractivity contribution in [1.82, 2.24) is 20.5 Å². The predicted octanol–water partition coefficient (Wildman–Crippen LogP) is 4.81. The maximum absolute atomic E-state index is 13.2. The van der Waals surface area contributed by atoms with Crippen molar-refractivity contribution in [3.8, 4) is 11.6 Å². The average molecular weight is 543 g/mol. The van der Waals surface area contributed by atoms with E-state index in [-0.39, 0.29) is 29.8 Å². The van der Waals surface area contributed by atoms with Crippen molar-refractivity contribution < 1.29 is 9.13 Å². The lowest BCUT2D eigenvalue weighted by Gasteiger charge is -2.21. The van der Waals surface area contributed by atoms with Gasteiger partial charge >= 0.3 is 0 Å². The number of nitrogens with zero attached hydrogens (tertiary/aromatic N) is 3. The van der Waals surface area contributed by atoms with E-state index < -0.39 is 0 Å². The van der Waals surface area contributed by atoms with Crippen LogP contribution in [0.2, 0.25) is 0 Å². The Morgan fingerprint density at radius 1 is 1.23 bits per heavy atom. The van der Waals surface area contributed by atoms with E-state index in [1.165, 1.54) is 12.1 Å². The Morgan fingerprint density at radius 3 is 2.61 bits per heavy atom. The summed E-state index contributed by atoms with van der Waals surface area (Å²) in [6.07, 6.45) is 3.98. The van der Waals surface area contributed by atoms with Crippen molar-refractivity contribution in [3.63, 3.8) is 0 Å². The SMILES string of the molecule is CCN(CC)CCCC(C)NC(=NC)NCc1ccc(Oc2cccc(F)c2)nc1.I. The molecule has 0 aliphatic carbocycles. The highest BCUT2D eigenvalue weighted by molar-refractivity contribution is 14.0. The van der Waals surface area contributed by atoms with Gasteiger partial charge in [0.15, 0.2) is 5.96 Å². The van der Waals surface area contributed by atoms with Crippen LogP contribution in [0.25, 0.3) is 0 Å². The minimum atomic E-state index is -0.338. The van der Waals surface area contributed by atoms with Gasteiger partial charge in [-0.05, 0) is 57.1 Å². The van der Waals surface area contributed by atoms with Crippen molar-refractivity contribution in [1.29, 1.82) is 0 Å². The number of pyridine rings is 1. The minimum Gasteiger partial charge on any atom is -0.439 e. The van der Waals surface area contributed by atoms with Crippen molar-refractivity contribution in [2.24, 2.45) is 4.99 Å². The standard InChI is InChI=1S/C23H34FN5O.HI/c1-5-29(6-2)14-8-9-18(3)28-23(25-4)27-17-19-12-13-22(26-16-19)30-21-11-7-10-20(24)15-21;/h7,10-13,15-16,18H,5-6,8-9,14,17H2,1-4H3,(H2,25,27,28);1H. The molecule has 1 atom stereocenters. The summed E-state index contributed by atoms with van der Waals surface area (Å²) in [5, 5.41) is 6.75. The molecule has 2 N–H and O–H groups in total. The summed E-state index contributed by atoms with van der Waals surface area (Å²) < 4.78 is 18.8. The zero-order valence-electron chi connectivity index (χ0n) is 18.9. The van der Waals surface area contributed by atoms with Gasteiger partial charge in [0, 0.05) is 38.0 Å². The molecule has 2 rings (SSSR count). The molecule has 0 aliphatic rings. The molecular formula is C23H35FIN5O. The second-order valence-corrected chi connectivity index (χ2v) is 7.20. The number of rotatable bonds is 11. The summed E-state index contributed by atoms with van der Waals surface area (Å²) in [7, 11) is 1.77. The van der Waals surface area contributed by atoms with Gasteiger partial charge in [0.1, 0.15) is 11.6 Å². The molecule has 0 radical (unpaired) electrons. The Hall–Kier alpha value is -1.94. The Balaban J connectivity index is 0.00000480. The van der Waals surface area contributed by atoms with Crippen LogP contribution in [0.15, 0.2) is 47.6 Å². The van der Waals surface area contributed by atoms with Gasteiger partial charge in [0.25, 0.3) is 0 Å².